The molecule has 1 saturated carbocycles. The number of rotatable bonds is 4. The highest BCUT2D eigenvalue weighted by Gasteiger charge is 2.29. The third-order valence-electron chi connectivity index (χ3n) is 3.68. The second-order valence-electron chi connectivity index (χ2n) is 5.24. The van der Waals surface area contributed by atoms with Crippen molar-refractivity contribution in [2.24, 2.45) is 11.8 Å². The minimum Gasteiger partial charge on any atom is -0.396 e. The highest BCUT2D eigenvalue weighted by Crippen LogP contribution is 2.37. The number of hydrogen-bond acceptors (Lipinski definition) is 4. The van der Waals surface area contributed by atoms with Crippen molar-refractivity contribution in [1.29, 1.82) is 0 Å². The van der Waals surface area contributed by atoms with Crippen molar-refractivity contribution in [2.45, 2.75) is 26.3 Å². The van der Waals surface area contributed by atoms with Crippen LogP contribution in [0, 0.1) is 17.7 Å². The molecule has 0 radical (unpaired) electrons. The number of halogens is 1. The molecule has 0 saturated heterocycles. The number of tetrazole rings is 1. The predicted molar refractivity (Wildman–Crippen MR) is 69.5 cm³/mol. The summed E-state index contributed by atoms with van der Waals surface area (Å²) in [4.78, 5) is 0. The van der Waals surface area contributed by atoms with Gasteiger partial charge in [0.2, 0.25) is 0 Å². The minimum absolute atomic E-state index is 0.133. The molecule has 1 unspecified atom stereocenters. The number of benzene rings is 1. The Bertz CT molecular complexity index is 590. The summed E-state index contributed by atoms with van der Waals surface area (Å²) < 4.78 is 15.2. The zero-order valence-corrected chi connectivity index (χ0v) is 10.8. The Morgan fingerprint density at radius 2 is 2.26 bits per heavy atom. The van der Waals surface area contributed by atoms with Gasteiger partial charge in [-0.2, -0.15) is 0 Å². The summed E-state index contributed by atoms with van der Waals surface area (Å²) in [5, 5.41) is 11.7. The maximum absolute atomic E-state index is 13.5. The summed E-state index contributed by atoms with van der Waals surface area (Å²) in [5.41, 5.74) is 6.26. The molecule has 1 heterocycles. The van der Waals surface area contributed by atoms with Crippen LogP contribution in [0.15, 0.2) is 18.2 Å². The van der Waals surface area contributed by atoms with Crippen molar-refractivity contribution in [1.82, 2.24) is 20.2 Å². The number of nitrogens with two attached hydrogens (primary N) is 1. The van der Waals surface area contributed by atoms with E-state index in [2.05, 4.69) is 22.4 Å². The van der Waals surface area contributed by atoms with Crippen molar-refractivity contribution >= 4 is 5.69 Å². The summed E-state index contributed by atoms with van der Waals surface area (Å²) in [7, 11) is 0. The number of aromatic nitrogens is 4. The van der Waals surface area contributed by atoms with Gasteiger partial charge in [0.1, 0.15) is 5.82 Å². The Morgan fingerprint density at radius 1 is 1.47 bits per heavy atom. The molecule has 0 bridgehead atoms. The van der Waals surface area contributed by atoms with Gasteiger partial charge in [0.25, 0.3) is 0 Å². The molecular weight excluding hydrogens is 245 g/mol. The molecule has 0 amide bonds. The lowest BCUT2D eigenvalue weighted by molar-refractivity contribution is 0.402. The number of nitrogen functional groups attached to an aromatic ring is 1. The first kappa shape index (κ1) is 12.1. The fourth-order valence-corrected chi connectivity index (χ4v) is 2.29. The van der Waals surface area contributed by atoms with Crippen LogP contribution in [-0.4, -0.2) is 20.2 Å². The average molecular weight is 261 g/mol. The second kappa shape index (κ2) is 4.60. The van der Waals surface area contributed by atoms with E-state index in [0.29, 0.717) is 17.3 Å². The van der Waals surface area contributed by atoms with Gasteiger partial charge < -0.3 is 5.73 Å². The van der Waals surface area contributed by atoms with Crippen molar-refractivity contribution in [3.8, 4) is 11.4 Å². The Kier molecular flexibility index (Phi) is 2.93. The van der Waals surface area contributed by atoms with Gasteiger partial charge in [0, 0.05) is 12.1 Å². The van der Waals surface area contributed by atoms with E-state index in [-0.39, 0.29) is 5.69 Å². The molecule has 5 nitrogen and oxygen atoms in total. The van der Waals surface area contributed by atoms with E-state index in [1.165, 1.54) is 25.0 Å². The van der Waals surface area contributed by atoms with E-state index in [1.807, 2.05) is 0 Å². The van der Waals surface area contributed by atoms with E-state index in [1.54, 1.807) is 10.7 Å². The van der Waals surface area contributed by atoms with Crippen LogP contribution in [0.1, 0.15) is 19.8 Å². The monoisotopic (exact) mass is 261 g/mol. The summed E-state index contributed by atoms with van der Waals surface area (Å²) in [6, 6.07) is 4.65. The van der Waals surface area contributed by atoms with Gasteiger partial charge >= 0.3 is 0 Å². The summed E-state index contributed by atoms with van der Waals surface area (Å²) >= 11 is 0. The fraction of sp³-hybridized carbons (Fsp3) is 0.462. The van der Waals surface area contributed by atoms with Crippen molar-refractivity contribution in [2.75, 3.05) is 5.73 Å². The van der Waals surface area contributed by atoms with Crippen LogP contribution in [0.25, 0.3) is 11.4 Å². The van der Waals surface area contributed by atoms with Gasteiger partial charge in [-0.1, -0.05) is 6.92 Å². The van der Waals surface area contributed by atoms with Gasteiger partial charge in [0.05, 0.1) is 5.69 Å². The van der Waals surface area contributed by atoms with Crippen LogP contribution in [-0.2, 0) is 6.54 Å². The van der Waals surface area contributed by atoms with Gasteiger partial charge in [-0.3, -0.25) is 0 Å². The Labute approximate surface area is 110 Å². The molecule has 1 aliphatic carbocycles. The molecule has 2 N–H and O–H groups in total. The molecule has 100 valence electrons. The summed E-state index contributed by atoms with van der Waals surface area (Å²) in [5.74, 6) is 1.47. The normalized spacial score (nSPS) is 16.5. The lowest BCUT2D eigenvalue weighted by Gasteiger charge is -2.11. The van der Waals surface area contributed by atoms with Gasteiger partial charge in [-0.15, -0.1) is 5.10 Å². The first-order valence-corrected chi connectivity index (χ1v) is 6.46. The first-order valence-electron chi connectivity index (χ1n) is 6.46. The highest BCUT2D eigenvalue weighted by atomic mass is 19.1. The molecule has 6 heteroatoms. The molecule has 0 spiro atoms. The largest absolute Gasteiger partial charge is 0.396 e. The Hall–Kier alpha value is -1.98. The fourth-order valence-electron chi connectivity index (χ4n) is 2.29. The molecule has 0 aliphatic heterocycles. The van der Waals surface area contributed by atoms with E-state index in [4.69, 9.17) is 5.73 Å². The third-order valence-corrected chi connectivity index (χ3v) is 3.68. The van der Waals surface area contributed by atoms with Crippen molar-refractivity contribution < 1.29 is 4.39 Å². The maximum atomic E-state index is 13.5. The minimum atomic E-state index is -0.442. The smallest absolute Gasteiger partial charge is 0.182 e. The number of nitrogens with zero attached hydrogens (tertiary/aromatic N) is 4. The van der Waals surface area contributed by atoms with Crippen LogP contribution < -0.4 is 5.73 Å². The zero-order chi connectivity index (χ0) is 13.4. The lowest BCUT2D eigenvalue weighted by atomic mass is 10.1. The molecular formula is C13H16FN5. The molecule has 1 atom stereocenters. The first-order chi connectivity index (χ1) is 9.15. The molecule has 3 rings (SSSR count). The van der Waals surface area contributed by atoms with E-state index in [9.17, 15) is 4.39 Å². The molecule has 1 aliphatic rings. The van der Waals surface area contributed by atoms with Gasteiger partial charge in [-0.05, 0) is 53.3 Å². The standard InChI is InChI=1S/C13H16FN5/c1-8(9-2-3-9)7-19-13(16-17-18-19)10-4-5-12(15)11(14)6-10/h4-6,8-9H,2-3,7,15H2,1H3. The summed E-state index contributed by atoms with van der Waals surface area (Å²) in [6.45, 7) is 2.96. The van der Waals surface area contributed by atoms with Crippen LogP contribution in [0.2, 0.25) is 0 Å². The SMILES string of the molecule is CC(Cn1nnnc1-c1ccc(N)c(F)c1)C1CC1. The molecule has 2 aromatic rings. The topological polar surface area (TPSA) is 69.6 Å². The zero-order valence-electron chi connectivity index (χ0n) is 10.8. The van der Waals surface area contributed by atoms with Crippen molar-refractivity contribution in [3.63, 3.8) is 0 Å². The van der Waals surface area contributed by atoms with Crippen LogP contribution in [0.4, 0.5) is 10.1 Å². The molecule has 19 heavy (non-hydrogen) atoms. The van der Waals surface area contributed by atoms with E-state index < -0.39 is 5.82 Å². The molecule has 1 aromatic carbocycles. The Morgan fingerprint density at radius 3 is 2.95 bits per heavy atom. The molecule has 1 fully saturated rings. The van der Waals surface area contributed by atoms with Crippen LogP contribution in [0.3, 0.4) is 0 Å². The highest BCUT2D eigenvalue weighted by molar-refractivity contribution is 5.59. The maximum Gasteiger partial charge on any atom is 0.182 e. The van der Waals surface area contributed by atoms with E-state index in [0.717, 1.165) is 12.5 Å². The summed E-state index contributed by atoms with van der Waals surface area (Å²) in [6.07, 6.45) is 2.57. The second-order valence-corrected chi connectivity index (χ2v) is 5.24. The van der Waals surface area contributed by atoms with Crippen LogP contribution in [0.5, 0.6) is 0 Å². The Balaban J connectivity index is 1.87. The predicted octanol–water partition coefficient (Wildman–Crippen LogP) is 2.11. The lowest BCUT2D eigenvalue weighted by Crippen LogP contribution is -2.12. The number of hydrogen-bond donors (Lipinski definition) is 1. The molecule has 1 aromatic heterocycles. The van der Waals surface area contributed by atoms with Gasteiger partial charge in [-0.25, -0.2) is 9.07 Å². The quantitative estimate of drug-likeness (QED) is 0.856. The average Bonchev–Trinajstić information content (AvgIpc) is 3.14. The van der Waals surface area contributed by atoms with Crippen molar-refractivity contribution in [3.05, 3.63) is 24.0 Å². The third kappa shape index (κ3) is 2.43. The van der Waals surface area contributed by atoms with Crippen LogP contribution >= 0.6 is 0 Å². The van der Waals surface area contributed by atoms with E-state index >= 15 is 0 Å². The van der Waals surface area contributed by atoms with Gasteiger partial charge in [0.15, 0.2) is 5.82 Å². The number of anilines is 1.